The summed E-state index contributed by atoms with van der Waals surface area (Å²) in [6, 6.07) is 6.21. The Bertz CT molecular complexity index is 681. The number of morpholine rings is 1. The van der Waals surface area contributed by atoms with E-state index in [-0.39, 0.29) is 11.7 Å². The Kier molecular flexibility index (Phi) is 3.29. The van der Waals surface area contributed by atoms with Gasteiger partial charge in [0.1, 0.15) is 0 Å². The van der Waals surface area contributed by atoms with Crippen molar-refractivity contribution >= 4 is 22.1 Å². The number of hydrogen-bond donors (Lipinski definition) is 1. The Morgan fingerprint density at radius 1 is 1.33 bits per heavy atom. The number of rotatable bonds is 1. The Morgan fingerprint density at radius 2 is 2.10 bits per heavy atom. The van der Waals surface area contributed by atoms with Gasteiger partial charge in [-0.3, -0.25) is 4.98 Å². The SMILES string of the molecule is Cc1cc2c(N3CC(C)OC(C)(C)C3)ccc(N)c2cn1. The van der Waals surface area contributed by atoms with Crippen molar-refractivity contribution in [3.63, 3.8) is 0 Å². The summed E-state index contributed by atoms with van der Waals surface area (Å²) in [6.45, 7) is 10.2. The van der Waals surface area contributed by atoms with Gasteiger partial charge in [0.2, 0.25) is 0 Å². The molecule has 0 aliphatic carbocycles. The van der Waals surface area contributed by atoms with Crippen LogP contribution in [0.4, 0.5) is 11.4 Å². The molecule has 1 aliphatic heterocycles. The standard InChI is InChI=1S/C17H23N3O/c1-11-7-13-14(8-19-11)15(18)5-6-16(13)20-9-12(2)21-17(3,4)10-20/h5-8,12H,9-10,18H2,1-4H3. The molecule has 112 valence electrons. The monoisotopic (exact) mass is 285 g/mol. The minimum atomic E-state index is -0.145. The number of benzene rings is 1. The summed E-state index contributed by atoms with van der Waals surface area (Å²) < 4.78 is 6.01. The lowest BCUT2D eigenvalue weighted by Crippen LogP contribution is -2.52. The number of nitrogens with two attached hydrogens (primary N) is 1. The topological polar surface area (TPSA) is 51.4 Å². The van der Waals surface area contributed by atoms with E-state index < -0.39 is 0 Å². The fraction of sp³-hybridized carbons (Fsp3) is 0.471. The lowest BCUT2D eigenvalue weighted by Gasteiger charge is -2.43. The van der Waals surface area contributed by atoms with Gasteiger partial charge in [0.05, 0.1) is 11.7 Å². The van der Waals surface area contributed by atoms with E-state index in [1.807, 2.05) is 19.2 Å². The summed E-state index contributed by atoms with van der Waals surface area (Å²) >= 11 is 0. The minimum Gasteiger partial charge on any atom is -0.398 e. The molecule has 1 atom stereocenters. The highest BCUT2D eigenvalue weighted by atomic mass is 16.5. The first kappa shape index (κ1) is 14.1. The van der Waals surface area contributed by atoms with Crippen LogP contribution in [0.1, 0.15) is 26.5 Å². The molecule has 2 heterocycles. The predicted molar refractivity (Wildman–Crippen MR) is 87.7 cm³/mol. The van der Waals surface area contributed by atoms with Crippen molar-refractivity contribution in [1.82, 2.24) is 4.98 Å². The Balaban J connectivity index is 2.12. The Labute approximate surface area is 125 Å². The van der Waals surface area contributed by atoms with Gasteiger partial charge in [0, 0.05) is 47.1 Å². The largest absolute Gasteiger partial charge is 0.398 e. The zero-order valence-electron chi connectivity index (χ0n) is 13.2. The maximum atomic E-state index is 6.10. The van der Waals surface area contributed by atoms with Crippen LogP contribution in [0.3, 0.4) is 0 Å². The second-order valence-electron chi connectivity index (χ2n) is 6.61. The van der Waals surface area contributed by atoms with Crippen LogP contribution < -0.4 is 10.6 Å². The minimum absolute atomic E-state index is 0.145. The summed E-state index contributed by atoms with van der Waals surface area (Å²) in [5.41, 5.74) is 8.96. The van der Waals surface area contributed by atoms with Crippen LogP contribution in [0.15, 0.2) is 24.4 Å². The molecular weight excluding hydrogens is 262 g/mol. The highest BCUT2D eigenvalue weighted by Gasteiger charge is 2.32. The van der Waals surface area contributed by atoms with Crippen LogP contribution in [0.5, 0.6) is 0 Å². The third-order valence-corrected chi connectivity index (χ3v) is 3.96. The van der Waals surface area contributed by atoms with Crippen molar-refractivity contribution in [3.8, 4) is 0 Å². The third-order valence-electron chi connectivity index (χ3n) is 3.96. The molecule has 3 rings (SSSR count). The number of nitrogens with zero attached hydrogens (tertiary/aromatic N) is 2. The number of pyridine rings is 1. The van der Waals surface area contributed by atoms with Gasteiger partial charge in [-0.2, -0.15) is 0 Å². The quantitative estimate of drug-likeness (QED) is 0.818. The molecule has 1 aliphatic rings. The summed E-state index contributed by atoms with van der Waals surface area (Å²) in [6.07, 6.45) is 2.09. The molecule has 2 aromatic rings. The van der Waals surface area contributed by atoms with E-state index in [0.717, 1.165) is 29.9 Å². The zero-order valence-corrected chi connectivity index (χ0v) is 13.2. The lowest BCUT2D eigenvalue weighted by atomic mass is 10.0. The van der Waals surface area contributed by atoms with E-state index in [2.05, 4.69) is 42.8 Å². The van der Waals surface area contributed by atoms with E-state index in [9.17, 15) is 0 Å². The van der Waals surface area contributed by atoms with E-state index in [1.165, 1.54) is 11.1 Å². The van der Waals surface area contributed by atoms with Crippen LogP contribution in [-0.2, 0) is 4.74 Å². The van der Waals surface area contributed by atoms with Crippen molar-refractivity contribution in [3.05, 3.63) is 30.1 Å². The van der Waals surface area contributed by atoms with Gasteiger partial charge in [0.15, 0.2) is 0 Å². The molecule has 4 nitrogen and oxygen atoms in total. The average Bonchev–Trinajstić information content (AvgIpc) is 2.36. The summed E-state index contributed by atoms with van der Waals surface area (Å²) in [7, 11) is 0. The van der Waals surface area contributed by atoms with Gasteiger partial charge in [-0.05, 0) is 45.9 Å². The fourth-order valence-corrected chi connectivity index (χ4v) is 3.26. The van der Waals surface area contributed by atoms with E-state index in [4.69, 9.17) is 10.5 Å². The molecule has 1 aromatic heterocycles. The molecule has 0 bridgehead atoms. The average molecular weight is 285 g/mol. The number of ether oxygens (including phenoxy) is 1. The van der Waals surface area contributed by atoms with Gasteiger partial charge in [-0.25, -0.2) is 0 Å². The van der Waals surface area contributed by atoms with Crippen LogP contribution in [-0.4, -0.2) is 29.8 Å². The summed E-state index contributed by atoms with van der Waals surface area (Å²) in [5, 5.41) is 2.20. The number of hydrogen-bond acceptors (Lipinski definition) is 4. The first-order valence-corrected chi connectivity index (χ1v) is 7.43. The smallest absolute Gasteiger partial charge is 0.0805 e. The van der Waals surface area contributed by atoms with E-state index >= 15 is 0 Å². The highest BCUT2D eigenvalue weighted by Crippen LogP contribution is 2.34. The molecule has 1 unspecified atom stereocenters. The molecule has 2 N–H and O–H groups in total. The molecule has 1 fully saturated rings. The normalized spacial score (nSPS) is 21.7. The Hall–Kier alpha value is -1.81. The van der Waals surface area contributed by atoms with Crippen LogP contribution in [0.2, 0.25) is 0 Å². The predicted octanol–water partition coefficient (Wildman–Crippen LogP) is 3.13. The van der Waals surface area contributed by atoms with E-state index in [1.54, 1.807) is 0 Å². The third kappa shape index (κ3) is 2.68. The number of nitrogen functional groups attached to an aromatic ring is 1. The first-order valence-electron chi connectivity index (χ1n) is 7.43. The van der Waals surface area contributed by atoms with Gasteiger partial charge >= 0.3 is 0 Å². The number of aryl methyl sites for hydroxylation is 1. The molecule has 0 radical (unpaired) electrons. The van der Waals surface area contributed by atoms with Gasteiger partial charge in [-0.1, -0.05) is 0 Å². The summed E-state index contributed by atoms with van der Waals surface area (Å²) in [4.78, 5) is 6.77. The molecule has 4 heteroatoms. The van der Waals surface area contributed by atoms with Crippen LogP contribution in [0.25, 0.3) is 10.8 Å². The van der Waals surface area contributed by atoms with Gasteiger partial charge in [-0.15, -0.1) is 0 Å². The molecular formula is C17H23N3O. The molecule has 21 heavy (non-hydrogen) atoms. The van der Waals surface area contributed by atoms with Crippen molar-refractivity contribution in [2.45, 2.75) is 39.4 Å². The molecule has 1 saturated heterocycles. The fourth-order valence-electron chi connectivity index (χ4n) is 3.26. The van der Waals surface area contributed by atoms with Crippen molar-refractivity contribution < 1.29 is 4.74 Å². The molecule has 0 spiro atoms. The van der Waals surface area contributed by atoms with E-state index in [0.29, 0.717) is 0 Å². The number of fused-ring (bicyclic) bond motifs is 1. The maximum Gasteiger partial charge on any atom is 0.0805 e. The number of anilines is 2. The Morgan fingerprint density at radius 3 is 2.81 bits per heavy atom. The zero-order chi connectivity index (χ0) is 15.2. The molecule has 1 aromatic carbocycles. The van der Waals surface area contributed by atoms with Crippen LogP contribution in [0, 0.1) is 6.92 Å². The summed E-state index contributed by atoms with van der Waals surface area (Å²) in [5.74, 6) is 0. The van der Waals surface area contributed by atoms with Crippen molar-refractivity contribution in [1.29, 1.82) is 0 Å². The first-order chi connectivity index (χ1) is 9.85. The lowest BCUT2D eigenvalue weighted by molar-refractivity contribution is -0.0749. The molecule has 0 saturated carbocycles. The highest BCUT2D eigenvalue weighted by molar-refractivity contribution is 6.01. The van der Waals surface area contributed by atoms with Gasteiger partial charge < -0.3 is 15.4 Å². The maximum absolute atomic E-state index is 6.10. The number of aromatic nitrogens is 1. The van der Waals surface area contributed by atoms with Crippen LogP contribution >= 0.6 is 0 Å². The molecule has 0 amide bonds. The second kappa shape index (κ2) is 4.88. The van der Waals surface area contributed by atoms with Crippen molar-refractivity contribution in [2.75, 3.05) is 23.7 Å². The van der Waals surface area contributed by atoms with Gasteiger partial charge in [0.25, 0.3) is 0 Å². The van der Waals surface area contributed by atoms with Crippen molar-refractivity contribution in [2.24, 2.45) is 0 Å². The second-order valence-corrected chi connectivity index (χ2v) is 6.61.